The van der Waals surface area contributed by atoms with Gasteiger partial charge in [0.25, 0.3) is 0 Å². The maximum absolute atomic E-state index is 12.5. The molecular formula is C14H18ClNO6S. The molecule has 128 valence electrons. The van der Waals surface area contributed by atoms with Gasteiger partial charge in [-0.05, 0) is 18.2 Å². The highest BCUT2D eigenvalue weighted by Gasteiger charge is 2.27. The quantitative estimate of drug-likeness (QED) is 0.712. The summed E-state index contributed by atoms with van der Waals surface area (Å²) < 4.78 is 35.2. The lowest BCUT2D eigenvalue weighted by Crippen LogP contribution is -2.34. The van der Waals surface area contributed by atoms with Crippen LogP contribution in [0.1, 0.15) is 17.3 Å². The first-order chi connectivity index (χ1) is 10.6. The van der Waals surface area contributed by atoms with Gasteiger partial charge in [0.1, 0.15) is 4.90 Å². The molecule has 1 aromatic rings. The molecule has 1 aromatic carbocycles. The monoisotopic (exact) mass is 363 g/mol. The molecule has 0 saturated heterocycles. The third kappa shape index (κ3) is 4.43. The molecule has 0 aliphatic rings. The first kappa shape index (κ1) is 19.4. The van der Waals surface area contributed by atoms with Gasteiger partial charge in [-0.15, -0.1) is 0 Å². The van der Waals surface area contributed by atoms with Gasteiger partial charge in [0, 0.05) is 13.6 Å². The number of methoxy groups -OCH3 is 2. The zero-order chi connectivity index (χ0) is 17.8. The molecule has 1 rings (SSSR count). The molecule has 0 N–H and O–H groups in total. The molecule has 0 saturated carbocycles. The molecule has 1 unspecified atom stereocenters. The number of rotatable bonds is 6. The van der Waals surface area contributed by atoms with Crippen molar-refractivity contribution >= 4 is 33.6 Å². The highest BCUT2D eigenvalue weighted by Crippen LogP contribution is 2.26. The van der Waals surface area contributed by atoms with Crippen molar-refractivity contribution in [2.24, 2.45) is 5.92 Å². The zero-order valence-corrected chi connectivity index (χ0v) is 14.8. The summed E-state index contributed by atoms with van der Waals surface area (Å²) in [6.07, 6.45) is 0. The van der Waals surface area contributed by atoms with E-state index < -0.39 is 27.9 Å². The van der Waals surface area contributed by atoms with E-state index in [4.69, 9.17) is 11.6 Å². The second-order valence-corrected chi connectivity index (χ2v) is 7.27. The van der Waals surface area contributed by atoms with Crippen LogP contribution in [0.5, 0.6) is 0 Å². The van der Waals surface area contributed by atoms with Gasteiger partial charge in [-0.1, -0.05) is 18.5 Å². The Labute approximate surface area is 140 Å². The van der Waals surface area contributed by atoms with E-state index in [2.05, 4.69) is 9.47 Å². The van der Waals surface area contributed by atoms with E-state index in [-0.39, 0.29) is 22.0 Å². The molecule has 0 spiro atoms. The molecule has 0 amide bonds. The summed E-state index contributed by atoms with van der Waals surface area (Å²) in [5.74, 6) is -1.77. The van der Waals surface area contributed by atoms with Gasteiger partial charge in [-0.25, -0.2) is 17.5 Å². The lowest BCUT2D eigenvalue weighted by molar-refractivity contribution is -0.144. The number of esters is 2. The van der Waals surface area contributed by atoms with Crippen molar-refractivity contribution in [1.82, 2.24) is 4.31 Å². The van der Waals surface area contributed by atoms with E-state index >= 15 is 0 Å². The first-order valence-electron chi connectivity index (χ1n) is 6.57. The third-order valence-electron chi connectivity index (χ3n) is 3.18. The SMILES string of the molecule is COC(=O)c1ccc(S(=O)(=O)N(C)CC(C)C(=O)OC)c(Cl)c1. The minimum absolute atomic E-state index is 0.0654. The van der Waals surface area contributed by atoms with Crippen molar-refractivity contribution in [3.63, 3.8) is 0 Å². The molecular weight excluding hydrogens is 346 g/mol. The first-order valence-corrected chi connectivity index (χ1v) is 8.39. The average Bonchev–Trinajstić information content (AvgIpc) is 2.52. The highest BCUT2D eigenvalue weighted by atomic mass is 35.5. The van der Waals surface area contributed by atoms with Crippen molar-refractivity contribution in [3.8, 4) is 0 Å². The number of halogens is 1. The molecule has 7 nitrogen and oxygen atoms in total. The Balaban J connectivity index is 3.08. The average molecular weight is 364 g/mol. The van der Waals surface area contributed by atoms with Crippen LogP contribution in [0.2, 0.25) is 5.02 Å². The number of sulfonamides is 1. The van der Waals surface area contributed by atoms with Gasteiger partial charge in [0.15, 0.2) is 0 Å². The summed E-state index contributed by atoms with van der Waals surface area (Å²) in [5.41, 5.74) is 0.141. The summed E-state index contributed by atoms with van der Waals surface area (Å²) in [5, 5.41) is -0.106. The zero-order valence-electron chi connectivity index (χ0n) is 13.2. The Morgan fingerprint density at radius 3 is 2.35 bits per heavy atom. The lowest BCUT2D eigenvalue weighted by Gasteiger charge is -2.20. The number of benzene rings is 1. The molecule has 0 aromatic heterocycles. The van der Waals surface area contributed by atoms with Crippen molar-refractivity contribution in [2.75, 3.05) is 27.8 Å². The van der Waals surface area contributed by atoms with Crippen LogP contribution in [0, 0.1) is 5.92 Å². The van der Waals surface area contributed by atoms with Crippen molar-refractivity contribution in [2.45, 2.75) is 11.8 Å². The van der Waals surface area contributed by atoms with E-state index in [0.717, 1.165) is 4.31 Å². The summed E-state index contributed by atoms with van der Waals surface area (Å²) >= 11 is 5.98. The van der Waals surface area contributed by atoms with Crippen LogP contribution in [-0.4, -0.2) is 52.5 Å². The maximum Gasteiger partial charge on any atom is 0.337 e. The summed E-state index contributed by atoms with van der Waals surface area (Å²) in [6.45, 7) is 1.49. The molecule has 0 heterocycles. The standard InChI is InChI=1S/C14H18ClNO6S/c1-9(13(17)21-3)8-16(2)23(19,20)12-6-5-10(7-11(12)15)14(18)22-4/h5-7,9H,8H2,1-4H3. The van der Waals surface area contributed by atoms with Crippen LogP contribution in [-0.2, 0) is 24.3 Å². The Morgan fingerprint density at radius 1 is 1.26 bits per heavy atom. The lowest BCUT2D eigenvalue weighted by atomic mass is 10.2. The Morgan fingerprint density at radius 2 is 1.87 bits per heavy atom. The fourth-order valence-corrected chi connectivity index (χ4v) is 3.66. The number of carbonyl (C=O) groups excluding carboxylic acids is 2. The van der Waals surface area contributed by atoms with E-state index in [9.17, 15) is 18.0 Å². The number of ether oxygens (including phenoxy) is 2. The van der Waals surface area contributed by atoms with Gasteiger partial charge in [0.2, 0.25) is 10.0 Å². The maximum atomic E-state index is 12.5. The molecule has 0 radical (unpaired) electrons. The summed E-state index contributed by atoms with van der Waals surface area (Å²) in [7, 11) is -0.138. The minimum atomic E-state index is -3.91. The molecule has 0 aliphatic carbocycles. The largest absolute Gasteiger partial charge is 0.469 e. The van der Waals surface area contributed by atoms with Crippen LogP contribution in [0.25, 0.3) is 0 Å². The number of hydrogen-bond acceptors (Lipinski definition) is 6. The van der Waals surface area contributed by atoms with Gasteiger partial charge in [-0.3, -0.25) is 4.79 Å². The molecule has 1 atom stereocenters. The van der Waals surface area contributed by atoms with Gasteiger partial charge in [-0.2, -0.15) is 0 Å². The number of nitrogens with zero attached hydrogens (tertiary/aromatic N) is 1. The predicted octanol–water partition coefficient (Wildman–Crippen LogP) is 1.56. The predicted molar refractivity (Wildman–Crippen MR) is 83.8 cm³/mol. The fourth-order valence-electron chi connectivity index (χ4n) is 1.88. The van der Waals surface area contributed by atoms with Crippen LogP contribution >= 0.6 is 11.6 Å². The fraction of sp³-hybridized carbons (Fsp3) is 0.429. The highest BCUT2D eigenvalue weighted by molar-refractivity contribution is 7.89. The van der Waals surface area contributed by atoms with Crippen LogP contribution in [0.3, 0.4) is 0 Å². The minimum Gasteiger partial charge on any atom is -0.469 e. The third-order valence-corrected chi connectivity index (χ3v) is 5.48. The molecule has 0 bridgehead atoms. The van der Waals surface area contributed by atoms with E-state index in [1.807, 2.05) is 0 Å². The van der Waals surface area contributed by atoms with Crippen LogP contribution in [0.15, 0.2) is 23.1 Å². The second kappa shape index (κ2) is 7.76. The van der Waals surface area contributed by atoms with Gasteiger partial charge in [0.05, 0.1) is 30.7 Å². The summed E-state index contributed by atoms with van der Waals surface area (Å²) in [4.78, 5) is 22.7. The molecule has 0 fully saturated rings. The van der Waals surface area contributed by atoms with Crippen LogP contribution in [0.4, 0.5) is 0 Å². The van der Waals surface area contributed by atoms with E-state index in [0.29, 0.717) is 0 Å². The number of hydrogen-bond donors (Lipinski definition) is 0. The number of carbonyl (C=O) groups is 2. The normalized spacial score (nSPS) is 12.8. The molecule has 23 heavy (non-hydrogen) atoms. The molecule has 0 aliphatic heterocycles. The van der Waals surface area contributed by atoms with Crippen LogP contribution < -0.4 is 0 Å². The van der Waals surface area contributed by atoms with Gasteiger partial charge < -0.3 is 9.47 Å². The van der Waals surface area contributed by atoms with E-state index in [1.165, 1.54) is 39.5 Å². The van der Waals surface area contributed by atoms with Crippen molar-refractivity contribution in [1.29, 1.82) is 0 Å². The smallest absolute Gasteiger partial charge is 0.337 e. The van der Waals surface area contributed by atoms with Gasteiger partial charge >= 0.3 is 11.9 Å². The Bertz CT molecular complexity index is 703. The van der Waals surface area contributed by atoms with Crippen molar-refractivity contribution < 1.29 is 27.5 Å². The Kier molecular flexibility index (Phi) is 6.55. The topological polar surface area (TPSA) is 90.0 Å². The summed E-state index contributed by atoms with van der Waals surface area (Å²) in [6, 6.07) is 3.75. The second-order valence-electron chi connectivity index (χ2n) is 4.85. The van der Waals surface area contributed by atoms with E-state index in [1.54, 1.807) is 6.92 Å². The Hall–Kier alpha value is -1.64. The van der Waals surface area contributed by atoms with Crippen molar-refractivity contribution in [3.05, 3.63) is 28.8 Å². The molecule has 9 heteroatoms.